The van der Waals surface area contributed by atoms with Gasteiger partial charge in [-0.25, -0.2) is 4.98 Å². The minimum Gasteiger partial charge on any atom is -0.495 e. The molecule has 0 bridgehead atoms. The van der Waals surface area contributed by atoms with Crippen molar-refractivity contribution in [2.75, 3.05) is 12.4 Å². The number of amides is 1. The van der Waals surface area contributed by atoms with Crippen molar-refractivity contribution < 1.29 is 19.1 Å². The number of thiophene rings is 2. The van der Waals surface area contributed by atoms with Crippen molar-refractivity contribution in [3.63, 3.8) is 0 Å². The van der Waals surface area contributed by atoms with Crippen molar-refractivity contribution in [2.24, 2.45) is 0 Å². The van der Waals surface area contributed by atoms with E-state index in [9.17, 15) is 14.4 Å². The van der Waals surface area contributed by atoms with Crippen LogP contribution in [0.25, 0.3) is 20.7 Å². The summed E-state index contributed by atoms with van der Waals surface area (Å²) in [6.07, 6.45) is 0.253. The number of carbonyl (C=O) groups is 2. The summed E-state index contributed by atoms with van der Waals surface area (Å²) in [7, 11) is 1.49. The van der Waals surface area contributed by atoms with E-state index in [-0.39, 0.29) is 12.1 Å². The fourth-order valence-corrected chi connectivity index (χ4v) is 4.82. The van der Waals surface area contributed by atoms with E-state index in [0.29, 0.717) is 21.7 Å². The lowest BCUT2D eigenvalue weighted by Gasteiger charge is -2.15. The summed E-state index contributed by atoms with van der Waals surface area (Å²) < 4.78 is 11.6. The molecule has 0 aliphatic rings. The first-order chi connectivity index (χ1) is 15.5. The number of esters is 1. The Morgan fingerprint density at radius 1 is 1.19 bits per heavy atom. The van der Waals surface area contributed by atoms with Crippen LogP contribution in [-0.4, -0.2) is 34.6 Å². The second-order valence-corrected chi connectivity index (χ2v) is 8.61. The first-order valence-electron chi connectivity index (χ1n) is 9.62. The number of rotatable bonds is 7. The smallest absolute Gasteiger partial charge is 0.326 e. The monoisotopic (exact) mass is 469 g/mol. The second-order valence-electron chi connectivity index (χ2n) is 6.81. The Morgan fingerprint density at radius 2 is 2.00 bits per heavy atom. The van der Waals surface area contributed by atoms with E-state index in [1.165, 1.54) is 47.6 Å². The molecule has 164 valence electrons. The van der Waals surface area contributed by atoms with Crippen LogP contribution in [0.2, 0.25) is 0 Å². The number of aromatic nitrogens is 2. The molecule has 4 aromatic rings. The molecule has 1 atom stereocenters. The van der Waals surface area contributed by atoms with Crippen molar-refractivity contribution in [3.05, 3.63) is 63.8 Å². The quantitative estimate of drug-likeness (QED) is 0.414. The van der Waals surface area contributed by atoms with Gasteiger partial charge in [-0.15, -0.1) is 22.7 Å². The van der Waals surface area contributed by atoms with Gasteiger partial charge in [0.1, 0.15) is 17.1 Å². The molecule has 0 aliphatic carbocycles. The Labute approximate surface area is 191 Å². The number of ether oxygens (including phenoxy) is 2. The molecule has 0 aliphatic heterocycles. The van der Waals surface area contributed by atoms with Crippen LogP contribution in [0.15, 0.2) is 58.3 Å². The zero-order chi connectivity index (χ0) is 22.7. The van der Waals surface area contributed by atoms with Gasteiger partial charge in [-0.05, 0) is 30.5 Å². The third-order valence-electron chi connectivity index (χ3n) is 4.69. The van der Waals surface area contributed by atoms with Gasteiger partial charge >= 0.3 is 5.97 Å². The van der Waals surface area contributed by atoms with Crippen LogP contribution in [0.5, 0.6) is 5.75 Å². The molecule has 1 aromatic carbocycles. The standard InChI is InChI=1S/C22H19N3O5S2/c1-13(20(27)24-15-6-3-4-7-16(15)29-2)30-18(26)10-25-12-23-21-19(22(25)28)14(11-32-21)17-8-5-9-31-17/h3-9,11-13H,10H2,1-2H3,(H,24,27). The molecule has 10 heteroatoms. The van der Waals surface area contributed by atoms with Gasteiger partial charge in [-0.3, -0.25) is 19.0 Å². The number of methoxy groups -OCH3 is 1. The van der Waals surface area contributed by atoms with Gasteiger partial charge in [0.2, 0.25) is 0 Å². The maximum Gasteiger partial charge on any atom is 0.326 e. The third-order valence-corrected chi connectivity index (χ3v) is 6.48. The van der Waals surface area contributed by atoms with Crippen molar-refractivity contribution in [3.8, 4) is 16.2 Å². The van der Waals surface area contributed by atoms with Crippen LogP contribution in [-0.2, 0) is 20.9 Å². The average molecular weight is 470 g/mol. The Morgan fingerprint density at radius 3 is 2.75 bits per heavy atom. The van der Waals surface area contributed by atoms with Crippen molar-refractivity contribution >= 4 is 50.5 Å². The van der Waals surface area contributed by atoms with E-state index in [1.807, 2.05) is 22.9 Å². The second kappa shape index (κ2) is 9.33. The van der Waals surface area contributed by atoms with E-state index in [2.05, 4.69) is 10.3 Å². The molecule has 32 heavy (non-hydrogen) atoms. The Bertz CT molecular complexity index is 1330. The van der Waals surface area contributed by atoms with E-state index < -0.39 is 18.0 Å². The first-order valence-corrected chi connectivity index (χ1v) is 11.4. The fourth-order valence-electron chi connectivity index (χ4n) is 3.10. The highest BCUT2D eigenvalue weighted by atomic mass is 32.1. The van der Waals surface area contributed by atoms with Gasteiger partial charge in [0.05, 0.1) is 24.5 Å². The highest BCUT2D eigenvalue weighted by Gasteiger charge is 2.21. The number of hydrogen-bond donors (Lipinski definition) is 1. The summed E-state index contributed by atoms with van der Waals surface area (Å²) in [6, 6.07) is 10.7. The highest BCUT2D eigenvalue weighted by Crippen LogP contribution is 2.33. The molecule has 1 N–H and O–H groups in total. The Kier molecular flexibility index (Phi) is 6.33. The van der Waals surface area contributed by atoms with E-state index in [4.69, 9.17) is 9.47 Å². The van der Waals surface area contributed by atoms with Gasteiger partial charge in [0.25, 0.3) is 11.5 Å². The molecule has 3 aromatic heterocycles. The topological polar surface area (TPSA) is 99.5 Å². The maximum absolute atomic E-state index is 13.0. The van der Waals surface area contributed by atoms with Crippen molar-refractivity contribution in [1.82, 2.24) is 9.55 Å². The first kappa shape index (κ1) is 21.7. The molecule has 0 radical (unpaired) electrons. The molecule has 4 rings (SSSR count). The normalized spacial score (nSPS) is 11.8. The largest absolute Gasteiger partial charge is 0.495 e. The predicted molar refractivity (Wildman–Crippen MR) is 124 cm³/mol. The number of para-hydroxylation sites is 2. The van der Waals surface area contributed by atoms with Gasteiger partial charge < -0.3 is 14.8 Å². The number of nitrogens with zero attached hydrogens (tertiary/aromatic N) is 2. The van der Waals surface area contributed by atoms with Crippen molar-refractivity contribution in [1.29, 1.82) is 0 Å². The fraction of sp³-hybridized carbons (Fsp3) is 0.182. The lowest BCUT2D eigenvalue weighted by Crippen LogP contribution is -2.33. The predicted octanol–water partition coefficient (Wildman–Crippen LogP) is 3.77. The van der Waals surface area contributed by atoms with Crippen LogP contribution < -0.4 is 15.6 Å². The molecular formula is C22H19N3O5S2. The lowest BCUT2D eigenvalue weighted by atomic mass is 10.2. The van der Waals surface area contributed by atoms with Crippen LogP contribution in [0.4, 0.5) is 5.69 Å². The molecule has 1 unspecified atom stereocenters. The SMILES string of the molecule is COc1ccccc1NC(=O)C(C)OC(=O)Cn1cnc2scc(-c3cccs3)c2c1=O. The number of hydrogen-bond acceptors (Lipinski definition) is 8. The number of anilines is 1. The van der Waals surface area contributed by atoms with Gasteiger partial charge in [0, 0.05) is 15.8 Å². The number of fused-ring (bicyclic) bond motifs is 1. The summed E-state index contributed by atoms with van der Waals surface area (Å²) in [5, 5.41) is 6.95. The average Bonchev–Trinajstić information content (AvgIpc) is 3.46. The molecule has 0 spiro atoms. The zero-order valence-electron chi connectivity index (χ0n) is 17.2. The molecule has 0 saturated carbocycles. The minimum atomic E-state index is -1.07. The number of nitrogens with one attached hydrogen (secondary N) is 1. The molecule has 1 amide bonds. The Hall–Kier alpha value is -3.50. The van der Waals surface area contributed by atoms with Crippen LogP contribution in [0.1, 0.15) is 6.92 Å². The summed E-state index contributed by atoms with van der Waals surface area (Å²) in [5.74, 6) is -0.743. The number of carbonyl (C=O) groups excluding carboxylic acids is 2. The van der Waals surface area contributed by atoms with Crippen LogP contribution >= 0.6 is 22.7 Å². The van der Waals surface area contributed by atoms with E-state index >= 15 is 0 Å². The molecule has 8 nitrogen and oxygen atoms in total. The van der Waals surface area contributed by atoms with Crippen LogP contribution in [0.3, 0.4) is 0 Å². The number of benzene rings is 1. The molecular weight excluding hydrogens is 450 g/mol. The van der Waals surface area contributed by atoms with E-state index in [1.54, 1.807) is 24.3 Å². The van der Waals surface area contributed by atoms with Crippen molar-refractivity contribution in [2.45, 2.75) is 19.6 Å². The summed E-state index contributed by atoms with van der Waals surface area (Å²) in [4.78, 5) is 43.7. The summed E-state index contributed by atoms with van der Waals surface area (Å²) in [5.41, 5.74) is 0.930. The van der Waals surface area contributed by atoms with Gasteiger partial charge in [-0.1, -0.05) is 18.2 Å². The molecule has 0 fully saturated rings. The molecule has 3 heterocycles. The highest BCUT2D eigenvalue weighted by molar-refractivity contribution is 7.18. The van der Waals surface area contributed by atoms with Gasteiger partial charge in [-0.2, -0.15) is 0 Å². The van der Waals surface area contributed by atoms with Gasteiger partial charge in [0.15, 0.2) is 6.10 Å². The Balaban J connectivity index is 1.47. The van der Waals surface area contributed by atoms with E-state index in [0.717, 1.165) is 10.4 Å². The van der Waals surface area contributed by atoms with Crippen LogP contribution in [0, 0.1) is 0 Å². The maximum atomic E-state index is 13.0. The molecule has 0 saturated heterocycles. The minimum absolute atomic E-state index is 0.331. The zero-order valence-corrected chi connectivity index (χ0v) is 18.9. The summed E-state index contributed by atoms with van der Waals surface area (Å²) in [6.45, 7) is 1.11. The lowest BCUT2D eigenvalue weighted by molar-refractivity contribution is -0.153. The summed E-state index contributed by atoms with van der Waals surface area (Å²) >= 11 is 2.90. The third kappa shape index (κ3) is 4.41.